The van der Waals surface area contributed by atoms with Gasteiger partial charge in [0.1, 0.15) is 10.7 Å². The summed E-state index contributed by atoms with van der Waals surface area (Å²) in [5, 5.41) is 2.12. The van der Waals surface area contributed by atoms with Gasteiger partial charge in [-0.3, -0.25) is 4.79 Å². The molecule has 1 aliphatic rings. The Labute approximate surface area is 146 Å². The lowest BCUT2D eigenvalue weighted by molar-refractivity contribution is -0.137. The van der Waals surface area contributed by atoms with Gasteiger partial charge in [0.25, 0.3) is 0 Å². The molecule has 0 saturated carbocycles. The number of aromatic nitrogens is 1. The van der Waals surface area contributed by atoms with Crippen molar-refractivity contribution in [1.82, 2.24) is 9.88 Å². The molecule has 4 nitrogen and oxygen atoms in total. The molecule has 1 aliphatic heterocycles. The van der Waals surface area contributed by atoms with Gasteiger partial charge >= 0.3 is 6.18 Å². The number of carbonyl (C=O) groups excluding carboxylic acids is 1. The molecular weight excluding hydrogens is 353 g/mol. The molecule has 0 unspecified atom stereocenters. The van der Waals surface area contributed by atoms with Crippen molar-refractivity contribution in [3.63, 3.8) is 0 Å². The van der Waals surface area contributed by atoms with Crippen LogP contribution in [0.3, 0.4) is 0 Å². The summed E-state index contributed by atoms with van der Waals surface area (Å²) in [4.78, 5) is 18.4. The van der Waals surface area contributed by atoms with E-state index in [1.165, 1.54) is 29.5 Å². The summed E-state index contributed by atoms with van der Waals surface area (Å²) in [7, 11) is 0. The number of ketones is 1. The second-order valence-corrected chi connectivity index (χ2v) is 6.30. The number of morpholine rings is 1. The SMILES string of the molecule is O=C(/C=C/N1CCOCC1)c1csc(-c2ccc(C(F)(F)F)cc2)n1. The Morgan fingerprint density at radius 2 is 1.88 bits per heavy atom. The summed E-state index contributed by atoms with van der Waals surface area (Å²) in [6.45, 7) is 2.73. The third-order valence-corrected chi connectivity index (χ3v) is 4.59. The Morgan fingerprint density at radius 1 is 1.20 bits per heavy atom. The normalized spacial score (nSPS) is 15.7. The number of carbonyl (C=O) groups is 1. The smallest absolute Gasteiger partial charge is 0.378 e. The number of rotatable bonds is 4. The zero-order chi connectivity index (χ0) is 17.9. The molecular formula is C17H15F3N2O2S. The minimum Gasteiger partial charge on any atom is -0.378 e. The van der Waals surface area contributed by atoms with Crippen molar-refractivity contribution in [1.29, 1.82) is 0 Å². The van der Waals surface area contributed by atoms with Crippen LogP contribution in [0, 0.1) is 0 Å². The van der Waals surface area contributed by atoms with Gasteiger partial charge in [0.15, 0.2) is 0 Å². The van der Waals surface area contributed by atoms with E-state index in [1.54, 1.807) is 11.6 Å². The summed E-state index contributed by atoms with van der Waals surface area (Å²) in [5.74, 6) is -0.235. The molecule has 0 N–H and O–H groups in total. The predicted octanol–water partition coefficient (Wildman–Crippen LogP) is 3.86. The summed E-state index contributed by atoms with van der Waals surface area (Å²) in [5.41, 5.74) is 0.121. The van der Waals surface area contributed by atoms with Crippen LogP contribution in [0.15, 0.2) is 41.9 Å². The Hall–Kier alpha value is -2.19. The molecule has 0 aliphatic carbocycles. The van der Waals surface area contributed by atoms with Crippen LogP contribution in [-0.4, -0.2) is 42.0 Å². The third-order valence-electron chi connectivity index (χ3n) is 3.70. The molecule has 132 valence electrons. The summed E-state index contributed by atoms with van der Waals surface area (Å²) in [6.07, 6.45) is -1.19. The number of ether oxygens (including phenoxy) is 1. The number of nitrogens with zero attached hydrogens (tertiary/aromatic N) is 2. The highest BCUT2D eigenvalue weighted by Gasteiger charge is 2.30. The molecule has 2 heterocycles. The van der Waals surface area contributed by atoms with Crippen LogP contribution < -0.4 is 0 Å². The number of hydrogen-bond acceptors (Lipinski definition) is 5. The third kappa shape index (κ3) is 4.46. The molecule has 0 amide bonds. The van der Waals surface area contributed by atoms with Gasteiger partial charge in [0, 0.05) is 36.3 Å². The number of hydrogen-bond donors (Lipinski definition) is 0. The lowest BCUT2D eigenvalue weighted by Gasteiger charge is -2.24. The van der Waals surface area contributed by atoms with Gasteiger partial charge in [-0.1, -0.05) is 12.1 Å². The summed E-state index contributed by atoms with van der Waals surface area (Å²) >= 11 is 1.23. The Kier molecular flexibility index (Phi) is 5.19. The lowest BCUT2D eigenvalue weighted by Crippen LogP contribution is -2.32. The van der Waals surface area contributed by atoms with Crippen LogP contribution in [0.2, 0.25) is 0 Å². The van der Waals surface area contributed by atoms with E-state index in [1.807, 2.05) is 4.90 Å². The van der Waals surface area contributed by atoms with E-state index in [0.717, 1.165) is 25.2 Å². The zero-order valence-electron chi connectivity index (χ0n) is 13.1. The fraction of sp³-hybridized carbons (Fsp3) is 0.294. The number of allylic oxidation sites excluding steroid dienone is 1. The van der Waals surface area contributed by atoms with Gasteiger partial charge in [-0.25, -0.2) is 4.98 Å². The van der Waals surface area contributed by atoms with E-state index in [0.29, 0.717) is 23.8 Å². The van der Waals surface area contributed by atoms with Gasteiger partial charge < -0.3 is 9.64 Å². The average molecular weight is 368 g/mol. The molecule has 1 aromatic heterocycles. The Morgan fingerprint density at radius 3 is 2.52 bits per heavy atom. The minimum absolute atomic E-state index is 0.235. The van der Waals surface area contributed by atoms with Crippen molar-refractivity contribution in [2.45, 2.75) is 6.18 Å². The highest BCUT2D eigenvalue weighted by Crippen LogP contribution is 2.31. The molecule has 25 heavy (non-hydrogen) atoms. The van der Waals surface area contributed by atoms with E-state index in [4.69, 9.17) is 4.74 Å². The standard InChI is InChI=1S/C17H15F3N2O2S/c18-17(19,20)13-3-1-12(2-4-13)16-21-14(11-25-16)15(23)5-6-22-7-9-24-10-8-22/h1-6,11H,7-10H2/b6-5+. The molecule has 0 radical (unpaired) electrons. The first-order valence-electron chi connectivity index (χ1n) is 7.61. The van der Waals surface area contributed by atoms with Gasteiger partial charge in [0.2, 0.25) is 5.78 Å². The second-order valence-electron chi connectivity index (χ2n) is 5.44. The highest BCUT2D eigenvalue weighted by atomic mass is 32.1. The molecule has 1 saturated heterocycles. The zero-order valence-corrected chi connectivity index (χ0v) is 13.9. The monoisotopic (exact) mass is 368 g/mol. The molecule has 0 atom stereocenters. The number of alkyl halides is 3. The van der Waals surface area contributed by atoms with Crippen molar-refractivity contribution in [2.75, 3.05) is 26.3 Å². The molecule has 8 heteroatoms. The molecule has 1 fully saturated rings. The van der Waals surface area contributed by atoms with Crippen LogP contribution in [0.4, 0.5) is 13.2 Å². The Bertz CT molecular complexity index is 763. The van der Waals surface area contributed by atoms with Crippen LogP contribution in [0.25, 0.3) is 10.6 Å². The first kappa shape index (κ1) is 17.6. The van der Waals surface area contributed by atoms with Crippen LogP contribution in [-0.2, 0) is 10.9 Å². The average Bonchev–Trinajstić information content (AvgIpc) is 3.10. The molecule has 0 bridgehead atoms. The number of thiazole rings is 1. The van der Waals surface area contributed by atoms with Crippen molar-refractivity contribution < 1.29 is 22.7 Å². The maximum absolute atomic E-state index is 12.6. The molecule has 1 aromatic carbocycles. The van der Waals surface area contributed by atoms with E-state index in [2.05, 4.69) is 4.98 Å². The van der Waals surface area contributed by atoms with Crippen LogP contribution >= 0.6 is 11.3 Å². The maximum Gasteiger partial charge on any atom is 0.416 e. The van der Waals surface area contributed by atoms with E-state index < -0.39 is 11.7 Å². The van der Waals surface area contributed by atoms with E-state index in [-0.39, 0.29) is 11.5 Å². The minimum atomic E-state index is -4.37. The topological polar surface area (TPSA) is 42.4 Å². The number of benzene rings is 1. The highest BCUT2D eigenvalue weighted by molar-refractivity contribution is 7.13. The predicted molar refractivity (Wildman–Crippen MR) is 88.4 cm³/mol. The lowest BCUT2D eigenvalue weighted by atomic mass is 10.1. The largest absolute Gasteiger partial charge is 0.416 e. The van der Waals surface area contributed by atoms with E-state index >= 15 is 0 Å². The van der Waals surface area contributed by atoms with E-state index in [9.17, 15) is 18.0 Å². The fourth-order valence-electron chi connectivity index (χ4n) is 2.31. The van der Waals surface area contributed by atoms with Crippen molar-refractivity contribution in [3.05, 3.63) is 53.2 Å². The fourth-order valence-corrected chi connectivity index (χ4v) is 3.12. The first-order valence-corrected chi connectivity index (χ1v) is 8.49. The molecule has 0 spiro atoms. The van der Waals surface area contributed by atoms with Gasteiger partial charge in [0.05, 0.1) is 18.8 Å². The van der Waals surface area contributed by atoms with Gasteiger partial charge in [-0.05, 0) is 12.1 Å². The second kappa shape index (κ2) is 7.37. The Balaban J connectivity index is 1.69. The summed E-state index contributed by atoms with van der Waals surface area (Å²) in [6, 6.07) is 4.74. The molecule has 2 aromatic rings. The van der Waals surface area contributed by atoms with Crippen molar-refractivity contribution >= 4 is 17.1 Å². The quantitative estimate of drug-likeness (QED) is 0.607. The van der Waals surface area contributed by atoms with Crippen molar-refractivity contribution in [3.8, 4) is 10.6 Å². The summed E-state index contributed by atoms with van der Waals surface area (Å²) < 4.78 is 43.0. The maximum atomic E-state index is 12.6. The molecule has 3 rings (SSSR count). The first-order chi connectivity index (χ1) is 11.9. The number of halogens is 3. The van der Waals surface area contributed by atoms with Crippen molar-refractivity contribution in [2.24, 2.45) is 0 Å². The van der Waals surface area contributed by atoms with Gasteiger partial charge in [-0.2, -0.15) is 13.2 Å². The van der Waals surface area contributed by atoms with Crippen LogP contribution in [0.1, 0.15) is 16.1 Å². The van der Waals surface area contributed by atoms with Gasteiger partial charge in [-0.15, -0.1) is 11.3 Å². The van der Waals surface area contributed by atoms with Crippen LogP contribution in [0.5, 0.6) is 0 Å².